The molecule has 1 aliphatic carbocycles. The largest absolute Gasteiger partial charge is 0.451 e. The third-order valence-corrected chi connectivity index (χ3v) is 4.45. The highest BCUT2D eigenvalue weighted by atomic mass is 32.1. The van der Waals surface area contributed by atoms with Crippen LogP contribution >= 0.6 is 11.3 Å². The number of amides is 1. The van der Waals surface area contributed by atoms with Gasteiger partial charge in [-0.3, -0.25) is 4.79 Å². The molecule has 5 heteroatoms. The van der Waals surface area contributed by atoms with Crippen molar-refractivity contribution in [3.8, 4) is 0 Å². The molecule has 1 aliphatic rings. The fourth-order valence-electron chi connectivity index (χ4n) is 2.33. The molecular formula is C15H21NO3S. The van der Waals surface area contributed by atoms with Crippen LogP contribution in [-0.4, -0.2) is 24.5 Å². The number of ether oxygens (including phenoxy) is 1. The van der Waals surface area contributed by atoms with Crippen LogP contribution in [0.3, 0.4) is 0 Å². The van der Waals surface area contributed by atoms with E-state index in [4.69, 9.17) is 4.74 Å². The number of carbonyl (C=O) groups is 2. The predicted molar refractivity (Wildman–Crippen MR) is 79.1 cm³/mol. The standard InChI is InChI=1S/C15H21NO3S/c1-10(2)16-14(17)9-19-15(18)13-8-11-6-4-3-5-7-12(11)20-13/h8,10H,3-7,9H2,1-2H3,(H,16,17). The molecule has 0 saturated heterocycles. The molecule has 2 rings (SSSR count). The zero-order valence-corrected chi connectivity index (χ0v) is 12.8. The Morgan fingerprint density at radius 1 is 1.30 bits per heavy atom. The second kappa shape index (κ2) is 6.88. The summed E-state index contributed by atoms with van der Waals surface area (Å²) < 4.78 is 5.06. The van der Waals surface area contributed by atoms with Gasteiger partial charge in [-0.05, 0) is 51.2 Å². The van der Waals surface area contributed by atoms with Crippen LogP contribution < -0.4 is 5.32 Å². The Morgan fingerprint density at radius 2 is 2.05 bits per heavy atom. The van der Waals surface area contributed by atoms with E-state index < -0.39 is 0 Å². The fourth-order valence-corrected chi connectivity index (χ4v) is 3.48. The SMILES string of the molecule is CC(C)NC(=O)COC(=O)c1cc2c(s1)CCCCC2. The summed E-state index contributed by atoms with van der Waals surface area (Å²) in [4.78, 5) is 25.3. The van der Waals surface area contributed by atoms with Crippen molar-refractivity contribution in [3.05, 3.63) is 21.4 Å². The van der Waals surface area contributed by atoms with Gasteiger partial charge in [0.15, 0.2) is 6.61 Å². The van der Waals surface area contributed by atoms with Gasteiger partial charge in [-0.25, -0.2) is 4.79 Å². The first-order chi connectivity index (χ1) is 9.56. The van der Waals surface area contributed by atoms with Gasteiger partial charge in [-0.15, -0.1) is 11.3 Å². The fraction of sp³-hybridized carbons (Fsp3) is 0.600. The van der Waals surface area contributed by atoms with Gasteiger partial charge in [-0.1, -0.05) is 6.42 Å². The number of hydrogen-bond acceptors (Lipinski definition) is 4. The Morgan fingerprint density at radius 3 is 2.80 bits per heavy atom. The van der Waals surface area contributed by atoms with Crippen molar-refractivity contribution in [2.45, 2.75) is 52.0 Å². The van der Waals surface area contributed by atoms with Gasteiger partial charge in [-0.2, -0.15) is 0 Å². The van der Waals surface area contributed by atoms with E-state index in [2.05, 4.69) is 5.32 Å². The van der Waals surface area contributed by atoms with Gasteiger partial charge >= 0.3 is 5.97 Å². The van der Waals surface area contributed by atoms with Crippen LogP contribution in [-0.2, 0) is 22.4 Å². The van der Waals surface area contributed by atoms with Crippen LogP contribution in [0.15, 0.2) is 6.07 Å². The number of esters is 1. The molecule has 0 atom stereocenters. The number of fused-ring (bicyclic) bond motifs is 1. The number of nitrogens with one attached hydrogen (secondary N) is 1. The molecule has 1 aromatic heterocycles. The maximum absolute atomic E-state index is 11.9. The summed E-state index contributed by atoms with van der Waals surface area (Å²) in [5.74, 6) is -0.645. The molecule has 0 spiro atoms. The summed E-state index contributed by atoms with van der Waals surface area (Å²) in [6.45, 7) is 3.53. The predicted octanol–water partition coefficient (Wildman–Crippen LogP) is 2.70. The van der Waals surface area contributed by atoms with Crippen LogP contribution in [0, 0.1) is 0 Å². The molecule has 20 heavy (non-hydrogen) atoms. The Hall–Kier alpha value is -1.36. The van der Waals surface area contributed by atoms with Gasteiger partial charge in [0.25, 0.3) is 5.91 Å². The molecule has 1 aromatic rings. The second-order valence-corrected chi connectivity index (χ2v) is 6.55. The van der Waals surface area contributed by atoms with Crippen LogP contribution in [0.4, 0.5) is 0 Å². The van der Waals surface area contributed by atoms with Crippen LogP contribution in [0.25, 0.3) is 0 Å². The van der Waals surface area contributed by atoms with Crippen molar-refractivity contribution in [2.24, 2.45) is 0 Å². The van der Waals surface area contributed by atoms with Crippen molar-refractivity contribution in [3.63, 3.8) is 0 Å². The van der Waals surface area contributed by atoms with E-state index in [-0.39, 0.29) is 24.5 Å². The Balaban J connectivity index is 1.91. The Kier molecular flexibility index (Phi) is 5.17. The number of carbonyl (C=O) groups excluding carboxylic acids is 2. The van der Waals surface area contributed by atoms with Crippen molar-refractivity contribution < 1.29 is 14.3 Å². The van der Waals surface area contributed by atoms with Crippen LogP contribution in [0.5, 0.6) is 0 Å². The lowest BCUT2D eigenvalue weighted by Crippen LogP contribution is -2.33. The highest BCUT2D eigenvalue weighted by Gasteiger charge is 2.18. The molecular weight excluding hydrogens is 274 g/mol. The second-order valence-electron chi connectivity index (χ2n) is 5.42. The zero-order valence-electron chi connectivity index (χ0n) is 12.0. The first-order valence-corrected chi connectivity index (χ1v) is 7.96. The van der Waals surface area contributed by atoms with E-state index in [1.54, 1.807) is 0 Å². The average Bonchev–Trinajstić information content (AvgIpc) is 2.67. The number of hydrogen-bond donors (Lipinski definition) is 1. The van der Waals surface area contributed by atoms with Crippen molar-refractivity contribution in [2.75, 3.05) is 6.61 Å². The van der Waals surface area contributed by atoms with Crippen molar-refractivity contribution >= 4 is 23.2 Å². The number of thiophene rings is 1. The molecule has 0 fully saturated rings. The lowest BCUT2D eigenvalue weighted by atomic mass is 10.1. The minimum Gasteiger partial charge on any atom is -0.451 e. The molecule has 0 unspecified atom stereocenters. The number of rotatable bonds is 4. The lowest BCUT2D eigenvalue weighted by Gasteiger charge is -2.08. The first-order valence-electron chi connectivity index (χ1n) is 7.14. The molecule has 0 aliphatic heterocycles. The monoisotopic (exact) mass is 295 g/mol. The zero-order chi connectivity index (χ0) is 14.5. The van der Waals surface area contributed by atoms with E-state index in [9.17, 15) is 9.59 Å². The highest BCUT2D eigenvalue weighted by molar-refractivity contribution is 7.14. The lowest BCUT2D eigenvalue weighted by molar-refractivity contribution is -0.124. The van der Waals surface area contributed by atoms with E-state index in [0.717, 1.165) is 12.8 Å². The summed E-state index contributed by atoms with van der Waals surface area (Å²) >= 11 is 1.52. The third kappa shape index (κ3) is 4.07. The van der Waals surface area contributed by atoms with Gasteiger partial charge in [0.05, 0.1) is 0 Å². The Bertz CT molecular complexity index is 470. The Labute approximate surface area is 123 Å². The van der Waals surface area contributed by atoms with Gasteiger partial charge in [0.1, 0.15) is 4.88 Å². The minimum atomic E-state index is -0.387. The molecule has 0 saturated carbocycles. The molecule has 0 radical (unpaired) electrons. The summed E-state index contributed by atoms with van der Waals surface area (Å²) in [7, 11) is 0. The molecule has 1 N–H and O–H groups in total. The molecule has 1 amide bonds. The highest BCUT2D eigenvalue weighted by Crippen LogP contribution is 2.29. The maximum atomic E-state index is 11.9. The molecule has 0 aromatic carbocycles. The van der Waals surface area contributed by atoms with E-state index >= 15 is 0 Å². The quantitative estimate of drug-likeness (QED) is 0.686. The summed E-state index contributed by atoms with van der Waals surface area (Å²) in [5, 5.41) is 2.69. The topological polar surface area (TPSA) is 55.4 Å². The van der Waals surface area contributed by atoms with Crippen molar-refractivity contribution in [1.29, 1.82) is 0 Å². The van der Waals surface area contributed by atoms with E-state index in [0.29, 0.717) is 4.88 Å². The van der Waals surface area contributed by atoms with Crippen LogP contribution in [0.1, 0.15) is 53.2 Å². The van der Waals surface area contributed by atoms with E-state index in [1.165, 1.54) is 41.0 Å². The van der Waals surface area contributed by atoms with E-state index in [1.807, 2.05) is 19.9 Å². The molecule has 110 valence electrons. The summed E-state index contributed by atoms with van der Waals surface area (Å²) in [6, 6.07) is 1.99. The van der Waals surface area contributed by atoms with Gasteiger partial charge in [0.2, 0.25) is 0 Å². The number of aryl methyl sites for hydroxylation is 2. The third-order valence-electron chi connectivity index (χ3n) is 3.23. The van der Waals surface area contributed by atoms with Gasteiger partial charge in [0, 0.05) is 10.9 Å². The average molecular weight is 295 g/mol. The maximum Gasteiger partial charge on any atom is 0.348 e. The van der Waals surface area contributed by atoms with Crippen LogP contribution in [0.2, 0.25) is 0 Å². The molecule has 0 bridgehead atoms. The molecule has 4 nitrogen and oxygen atoms in total. The first kappa shape index (κ1) is 15.0. The minimum absolute atomic E-state index is 0.0546. The van der Waals surface area contributed by atoms with Crippen molar-refractivity contribution in [1.82, 2.24) is 5.32 Å². The normalized spacial score (nSPS) is 14.6. The smallest absolute Gasteiger partial charge is 0.348 e. The van der Waals surface area contributed by atoms with Gasteiger partial charge < -0.3 is 10.1 Å². The molecule has 1 heterocycles. The summed E-state index contributed by atoms with van der Waals surface area (Å²) in [6.07, 6.45) is 5.75. The summed E-state index contributed by atoms with van der Waals surface area (Å²) in [5.41, 5.74) is 1.28.